The van der Waals surface area contributed by atoms with Gasteiger partial charge in [-0.2, -0.15) is 0 Å². The number of amides is 1. The number of aromatic nitrogens is 2. The number of carbonyl (C=O) groups is 2. The summed E-state index contributed by atoms with van der Waals surface area (Å²) in [5.41, 5.74) is 3.35. The Kier molecular flexibility index (Phi) is 7.12. The van der Waals surface area contributed by atoms with Crippen molar-refractivity contribution in [3.8, 4) is 11.3 Å². The molecule has 3 aromatic rings. The Morgan fingerprint density at radius 2 is 1.79 bits per heavy atom. The molecule has 1 fully saturated rings. The van der Waals surface area contributed by atoms with E-state index in [0.29, 0.717) is 17.8 Å². The molecule has 1 amide bonds. The minimum atomic E-state index is -3.84. The van der Waals surface area contributed by atoms with Gasteiger partial charge < -0.3 is 4.90 Å². The third-order valence-electron chi connectivity index (χ3n) is 6.91. The topological polar surface area (TPSA) is 101 Å². The molecule has 9 heteroatoms. The molecule has 1 saturated heterocycles. The SMILES string of the molecule is CC(C)CC(C(=O)N1CC=C2C1C(=O)CN2S(=O)(=O)Cc1ccccn1)c1cccc(-c2ccccn2)c1. The quantitative estimate of drug-likeness (QED) is 0.439. The van der Waals surface area contributed by atoms with Gasteiger partial charge >= 0.3 is 0 Å². The van der Waals surface area contributed by atoms with Crippen LogP contribution in [0.2, 0.25) is 0 Å². The lowest BCUT2D eigenvalue weighted by molar-refractivity contribution is -0.137. The first-order valence-electron chi connectivity index (χ1n) is 12.7. The van der Waals surface area contributed by atoms with Crippen molar-refractivity contribution in [2.75, 3.05) is 13.1 Å². The largest absolute Gasteiger partial charge is 0.323 e. The number of sulfonamides is 1. The lowest BCUT2D eigenvalue weighted by atomic mass is 9.87. The highest BCUT2D eigenvalue weighted by Gasteiger charge is 2.49. The number of Topliss-reactive ketones (excluding diaryl/α,β-unsaturated/α-hetero) is 1. The van der Waals surface area contributed by atoms with Crippen LogP contribution in [0.3, 0.4) is 0 Å². The molecule has 0 N–H and O–H groups in total. The maximum absolute atomic E-state index is 14.0. The van der Waals surface area contributed by atoms with Crippen LogP contribution >= 0.6 is 0 Å². The third kappa shape index (κ3) is 5.11. The van der Waals surface area contributed by atoms with Crippen molar-refractivity contribution in [3.63, 3.8) is 0 Å². The number of rotatable bonds is 8. The predicted molar refractivity (Wildman–Crippen MR) is 144 cm³/mol. The number of benzene rings is 1. The van der Waals surface area contributed by atoms with Crippen LogP contribution in [0.15, 0.2) is 84.8 Å². The van der Waals surface area contributed by atoms with Crippen molar-refractivity contribution < 1.29 is 18.0 Å². The fourth-order valence-corrected chi connectivity index (χ4v) is 6.71. The van der Waals surface area contributed by atoms with Crippen LogP contribution in [0.25, 0.3) is 11.3 Å². The van der Waals surface area contributed by atoms with Crippen LogP contribution < -0.4 is 0 Å². The van der Waals surface area contributed by atoms with E-state index >= 15 is 0 Å². The standard InChI is InChI=1S/C29H30N4O4S/c1-20(2)16-24(21-8-7-9-22(17-21)25-11-4-6-14-31-25)29(35)32-15-12-26-28(32)27(34)18-33(26)38(36,37)19-23-10-3-5-13-30-23/h3-14,17,20,24,28H,15-16,18-19H2,1-2H3. The molecular weight excluding hydrogens is 500 g/mol. The van der Waals surface area contributed by atoms with Crippen LogP contribution in [-0.4, -0.2) is 58.4 Å². The zero-order chi connectivity index (χ0) is 26.9. The molecule has 2 atom stereocenters. The van der Waals surface area contributed by atoms with E-state index in [0.717, 1.165) is 21.1 Å². The molecule has 0 aliphatic carbocycles. The van der Waals surface area contributed by atoms with Crippen molar-refractivity contribution in [1.29, 1.82) is 0 Å². The highest BCUT2D eigenvalue weighted by Crippen LogP contribution is 2.36. The van der Waals surface area contributed by atoms with E-state index in [1.165, 1.54) is 11.1 Å². The fourth-order valence-electron chi connectivity index (χ4n) is 5.19. The maximum Gasteiger partial charge on any atom is 0.241 e. The van der Waals surface area contributed by atoms with Crippen LogP contribution in [0, 0.1) is 5.92 Å². The predicted octanol–water partition coefficient (Wildman–Crippen LogP) is 3.78. The second kappa shape index (κ2) is 10.5. The number of hydrogen-bond donors (Lipinski definition) is 0. The molecule has 0 radical (unpaired) electrons. The van der Waals surface area contributed by atoms with Gasteiger partial charge in [-0.05, 0) is 54.3 Å². The van der Waals surface area contributed by atoms with Crippen LogP contribution in [0.4, 0.5) is 0 Å². The second-order valence-electron chi connectivity index (χ2n) is 10.1. The first-order valence-corrected chi connectivity index (χ1v) is 14.3. The van der Waals surface area contributed by atoms with Gasteiger partial charge in [0.15, 0.2) is 5.78 Å². The maximum atomic E-state index is 14.0. The molecule has 0 spiro atoms. The molecular formula is C29H30N4O4S. The van der Waals surface area contributed by atoms with E-state index in [1.54, 1.807) is 30.5 Å². The van der Waals surface area contributed by atoms with Gasteiger partial charge in [-0.3, -0.25) is 23.9 Å². The van der Waals surface area contributed by atoms with Gasteiger partial charge in [-0.25, -0.2) is 8.42 Å². The van der Waals surface area contributed by atoms with Gasteiger partial charge in [-0.1, -0.05) is 44.2 Å². The molecule has 2 aromatic heterocycles. The van der Waals surface area contributed by atoms with E-state index in [2.05, 4.69) is 23.8 Å². The summed E-state index contributed by atoms with van der Waals surface area (Å²) in [6.45, 7) is 4.03. The van der Waals surface area contributed by atoms with E-state index in [1.807, 2.05) is 42.5 Å². The van der Waals surface area contributed by atoms with Gasteiger partial charge in [-0.15, -0.1) is 0 Å². The van der Waals surface area contributed by atoms with Crippen molar-refractivity contribution in [2.45, 2.75) is 38.0 Å². The Morgan fingerprint density at radius 3 is 2.47 bits per heavy atom. The van der Waals surface area contributed by atoms with E-state index in [9.17, 15) is 18.0 Å². The molecule has 0 saturated carbocycles. The minimum Gasteiger partial charge on any atom is -0.323 e. The molecule has 8 nitrogen and oxygen atoms in total. The van der Waals surface area contributed by atoms with Crippen LogP contribution in [0.5, 0.6) is 0 Å². The van der Waals surface area contributed by atoms with Crippen molar-refractivity contribution in [2.24, 2.45) is 5.92 Å². The molecule has 38 heavy (non-hydrogen) atoms. The van der Waals surface area contributed by atoms with Crippen molar-refractivity contribution in [3.05, 3.63) is 96.1 Å². The number of carbonyl (C=O) groups excluding carboxylic acids is 2. The van der Waals surface area contributed by atoms with Gasteiger partial charge in [0, 0.05) is 24.5 Å². The highest BCUT2D eigenvalue weighted by molar-refractivity contribution is 7.88. The molecule has 2 aliphatic rings. The molecule has 196 valence electrons. The van der Waals surface area contributed by atoms with Gasteiger partial charge in [0.2, 0.25) is 15.9 Å². The first kappa shape index (κ1) is 25.8. The van der Waals surface area contributed by atoms with Gasteiger partial charge in [0.25, 0.3) is 0 Å². The zero-order valence-corrected chi connectivity index (χ0v) is 22.2. The Bertz CT molecular complexity index is 1470. The average molecular weight is 531 g/mol. The van der Waals surface area contributed by atoms with Gasteiger partial charge in [0.1, 0.15) is 11.8 Å². The van der Waals surface area contributed by atoms with E-state index in [4.69, 9.17) is 0 Å². The number of hydrogen-bond acceptors (Lipinski definition) is 6. The van der Waals surface area contributed by atoms with E-state index in [-0.39, 0.29) is 36.5 Å². The lowest BCUT2D eigenvalue weighted by Crippen LogP contribution is -2.43. The monoisotopic (exact) mass is 530 g/mol. The summed E-state index contributed by atoms with van der Waals surface area (Å²) in [4.78, 5) is 37.2. The molecule has 2 unspecified atom stereocenters. The normalized spacial score (nSPS) is 18.0. The summed E-state index contributed by atoms with van der Waals surface area (Å²) < 4.78 is 27.6. The molecule has 2 aliphatic heterocycles. The smallest absolute Gasteiger partial charge is 0.241 e. The Morgan fingerprint density at radius 1 is 1.03 bits per heavy atom. The number of ketones is 1. The zero-order valence-electron chi connectivity index (χ0n) is 21.4. The number of fused-ring (bicyclic) bond motifs is 1. The molecule has 5 rings (SSSR count). The summed E-state index contributed by atoms with van der Waals surface area (Å²) in [7, 11) is -3.84. The molecule has 4 heterocycles. The van der Waals surface area contributed by atoms with Crippen molar-refractivity contribution >= 4 is 21.7 Å². The summed E-state index contributed by atoms with van der Waals surface area (Å²) in [5, 5.41) is 0. The Balaban J connectivity index is 1.41. The molecule has 0 bridgehead atoms. The minimum absolute atomic E-state index is 0.176. The first-order chi connectivity index (χ1) is 18.2. The summed E-state index contributed by atoms with van der Waals surface area (Å²) in [6, 6.07) is 17.7. The summed E-state index contributed by atoms with van der Waals surface area (Å²) in [5.74, 6) is -1.02. The summed E-state index contributed by atoms with van der Waals surface area (Å²) in [6.07, 6.45) is 5.56. The Labute approximate surface area is 223 Å². The molecule has 1 aromatic carbocycles. The Hall–Kier alpha value is -3.85. The number of nitrogens with zero attached hydrogens (tertiary/aromatic N) is 4. The number of pyridine rings is 2. The van der Waals surface area contributed by atoms with Crippen LogP contribution in [-0.2, 0) is 25.4 Å². The summed E-state index contributed by atoms with van der Waals surface area (Å²) >= 11 is 0. The third-order valence-corrected chi connectivity index (χ3v) is 8.58. The average Bonchev–Trinajstić information content (AvgIpc) is 3.49. The van der Waals surface area contributed by atoms with E-state index < -0.39 is 22.0 Å². The van der Waals surface area contributed by atoms with Crippen LogP contribution in [0.1, 0.15) is 37.4 Å². The van der Waals surface area contributed by atoms with Gasteiger partial charge in [0.05, 0.1) is 29.5 Å². The lowest BCUT2D eigenvalue weighted by Gasteiger charge is -2.29. The second-order valence-corrected chi connectivity index (χ2v) is 12.0. The van der Waals surface area contributed by atoms with Crippen molar-refractivity contribution in [1.82, 2.24) is 19.2 Å². The fraction of sp³-hybridized carbons (Fsp3) is 0.310. The highest BCUT2D eigenvalue weighted by atomic mass is 32.2.